The first-order valence-electron chi connectivity index (χ1n) is 7.91. The van der Waals surface area contributed by atoms with E-state index in [0.29, 0.717) is 0 Å². The van der Waals surface area contributed by atoms with Crippen LogP contribution in [0.15, 0.2) is 47.2 Å². The summed E-state index contributed by atoms with van der Waals surface area (Å²) >= 11 is 0. The largest absolute Gasteiger partial charge is 0.356 e. The number of fused-ring (bicyclic) bond motifs is 1. The number of likely N-dealkylation sites (tertiary alicyclic amines) is 1. The van der Waals surface area contributed by atoms with Crippen LogP contribution in [0.4, 0.5) is 0 Å². The highest BCUT2D eigenvalue weighted by atomic mass is 16.5. The van der Waals surface area contributed by atoms with Crippen molar-refractivity contribution in [2.45, 2.75) is 31.8 Å². The minimum Gasteiger partial charge on any atom is -0.356 e. The second-order valence-electron chi connectivity index (χ2n) is 5.91. The zero-order valence-electron chi connectivity index (χ0n) is 12.8. The predicted octanol–water partition coefficient (Wildman–Crippen LogP) is 2.26. The van der Waals surface area contributed by atoms with E-state index in [2.05, 4.69) is 10.3 Å². The first kappa shape index (κ1) is 14.0. The van der Waals surface area contributed by atoms with E-state index in [1.807, 2.05) is 46.1 Å². The molecule has 0 aliphatic carbocycles. The second-order valence-corrected chi connectivity index (χ2v) is 5.91. The van der Waals surface area contributed by atoms with E-state index < -0.39 is 0 Å². The molecule has 0 unspecified atom stereocenters. The summed E-state index contributed by atoms with van der Waals surface area (Å²) in [6.45, 7) is 1.55. The molecule has 0 N–H and O–H groups in total. The van der Waals surface area contributed by atoms with Crippen LogP contribution in [0.25, 0.3) is 11.0 Å². The van der Waals surface area contributed by atoms with E-state index >= 15 is 0 Å². The van der Waals surface area contributed by atoms with Crippen LogP contribution in [-0.4, -0.2) is 38.3 Å². The van der Waals surface area contributed by atoms with Crippen LogP contribution >= 0.6 is 0 Å². The van der Waals surface area contributed by atoms with Crippen molar-refractivity contribution in [3.8, 4) is 0 Å². The number of benzene rings is 1. The van der Waals surface area contributed by atoms with Crippen LogP contribution in [0.2, 0.25) is 0 Å². The molecular weight excluding hydrogens is 292 g/mol. The van der Waals surface area contributed by atoms with Crippen molar-refractivity contribution in [3.05, 3.63) is 48.4 Å². The summed E-state index contributed by atoms with van der Waals surface area (Å²) in [7, 11) is 0. The van der Waals surface area contributed by atoms with Gasteiger partial charge in [-0.1, -0.05) is 17.3 Å². The highest BCUT2D eigenvalue weighted by molar-refractivity contribution is 5.86. The van der Waals surface area contributed by atoms with Crippen LogP contribution in [0.5, 0.6) is 0 Å². The molecule has 1 saturated heterocycles. The fourth-order valence-corrected chi connectivity index (χ4v) is 3.29. The van der Waals surface area contributed by atoms with Crippen LogP contribution in [0.1, 0.15) is 18.5 Å². The average Bonchev–Trinajstić information content (AvgIpc) is 3.29. The summed E-state index contributed by atoms with van der Waals surface area (Å²) in [6, 6.07) is 9.76. The number of amides is 1. The molecule has 1 aliphatic rings. The molecule has 3 heterocycles. The molecule has 23 heavy (non-hydrogen) atoms. The van der Waals surface area contributed by atoms with Gasteiger partial charge in [0.15, 0.2) is 5.58 Å². The third-order valence-electron chi connectivity index (χ3n) is 4.43. The van der Waals surface area contributed by atoms with Crippen molar-refractivity contribution in [3.63, 3.8) is 0 Å². The lowest BCUT2D eigenvalue weighted by molar-refractivity contribution is -0.131. The zero-order chi connectivity index (χ0) is 15.6. The second kappa shape index (κ2) is 5.87. The molecule has 4 rings (SSSR count). The summed E-state index contributed by atoms with van der Waals surface area (Å²) in [5.74, 6) is 0.110. The Morgan fingerprint density at radius 1 is 1.30 bits per heavy atom. The van der Waals surface area contributed by atoms with Crippen molar-refractivity contribution in [1.82, 2.24) is 19.8 Å². The monoisotopic (exact) mass is 310 g/mol. The SMILES string of the molecule is O=C(Cc1noc2ccccc12)N1CCC[C@@H]1Cn1cccn1. The molecule has 0 saturated carbocycles. The summed E-state index contributed by atoms with van der Waals surface area (Å²) in [5, 5.41) is 9.23. The van der Waals surface area contributed by atoms with Gasteiger partial charge in [0.1, 0.15) is 5.69 Å². The molecule has 1 atom stereocenters. The topological polar surface area (TPSA) is 64.2 Å². The molecule has 1 aliphatic heterocycles. The fourth-order valence-electron chi connectivity index (χ4n) is 3.29. The van der Waals surface area contributed by atoms with Crippen molar-refractivity contribution < 1.29 is 9.32 Å². The Morgan fingerprint density at radius 2 is 2.22 bits per heavy atom. The van der Waals surface area contributed by atoms with Crippen molar-refractivity contribution >= 4 is 16.9 Å². The number of para-hydroxylation sites is 1. The molecular formula is C17H18N4O2. The first-order valence-corrected chi connectivity index (χ1v) is 7.91. The van der Waals surface area contributed by atoms with Gasteiger partial charge in [-0.3, -0.25) is 9.48 Å². The zero-order valence-corrected chi connectivity index (χ0v) is 12.8. The van der Waals surface area contributed by atoms with Gasteiger partial charge in [0.05, 0.1) is 19.0 Å². The van der Waals surface area contributed by atoms with Gasteiger partial charge in [-0.2, -0.15) is 5.10 Å². The fraction of sp³-hybridized carbons (Fsp3) is 0.353. The number of aromatic nitrogens is 3. The Labute approximate surface area is 133 Å². The molecule has 0 radical (unpaired) electrons. The number of hydrogen-bond donors (Lipinski definition) is 0. The van der Waals surface area contributed by atoms with Gasteiger partial charge in [0.25, 0.3) is 0 Å². The number of carbonyl (C=O) groups excluding carboxylic acids is 1. The first-order chi connectivity index (χ1) is 11.3. The smallest absolute Gasteiger partial charge is 0.229 e. The lowest BCUT2D eigenvalue weighted by Gasteiger charge is -2.24. The van der Waals surface area contributed by atoms with E-state index in [1.165, 1.54) is 0 Å². The Bertz CT molecular complexity index is 809. The number of hydrogen-bond acceptors (Lipinski definition) is 4. The van der Waals surface area contributed by atoms with Crippen molar-refractivity contribution in [2.24, 2.45) is 0 Å². The van der Waals surface area contributed by atoms with E-state index in [0.717, 1.165) is 42.6 Å². The Morgan fingerprint density at radius 3 is 3.09 bits per heavy atom. The lowest BCUT2D eigenvalue weighted by Crippen LogP contribution is -2.39. The van der Waals surface area contributed by atoms with Gasteiger partial charge in [0, 0.05) is 24.3 Å². The number of rotatable bonds is 4. The van der Waals surface area contributed by atoms with Crippen molar-refractivity contribution in [2.75, 3.05) is 6.54 Å². The third-order valence-corrected chi connectivity index (χ3v) is 4.43. The highest BCUT2D eigenvalue weighted by Crippen LogP contribution is 2.22. The molecule has 3 aromatic rings. The average molecular weight is 310 g/mol. The summed E-state index contributed by atoms with van der Waals surface area (Å²) < 4.78 is 7.18. The summed E-state index contributed by atoms with van der Waals surface area (Å²) in [6.07, 6.45) is 6.05. The predicted molar refractivity (Wildman–Crippen MR) is 84.7 cm³/mol. The standard InChI is InChI=1S/C17H18N4O2/c22-17(11-15-14-6-1-2-7-16(14)23-19-15)21-10-3-5-13(21)12-20-9-4-8-18-20/h1-2,4,6-9,13H,3,5,10-12H2/t13-/m1/s1. The minimum atomic E-state index is 0.110. The molecule has 1 aromatic carbocycles. The third kappa shape index (κ3) is 2.72. The van der Waals surface area contributed by atoms with Crippen LogP contribution < -0.4 is 0 Å². The van der Waals surface area contributed by atoms with Gasteiger partial charge in [-0.25, -0.2) is 0 Å². The van der Waals surface area contributed by atoms with Gasteiger partial charge in [0.2, 0.25) is 5.91 Å². The molecule has 118 valence electrons. The van der Waals surface area contributed by atoms with Gasteiger partial charge < -0.3 is 9.42 Å². The van der Waals surface area contributed by atoms with E-state index in [1.54, 1.807) is 6.20 Å². The quantitative estimate of drug-likeness (QED) is 0.741. The van der Waals surface area contributed by atoms with E-state index in [-0.39, 0.29) is 18.4 Å². The number of nitrogens with zero attached hydrogens (tertiary/aromatic N) is 4. The maximum absolute atomic E-state index is 12.7. The normalized spacial score (nSPS) is 17.9. The summed E-state index contributed by atoms with van der Waals surface area (Å²) in [5.41, 5.74) is 1.44. The van der Waals surface area contributed by atoms with Gasteiger partial charge >= 0.3 is 0 Å². The van der Waals surface area contributed by atoms with Crippen LogP contribution in [-0.2, 0) is 17.8 Å². The highest BCUT2D eigenvalue weighted by Gasteiger charge is 2.29. The van der Waals surface area contributed by atoms with Gasteiger partial charge in [-0.05, 0) is 31.0 Å². The Balaban J connectivity index is 1.49. The lowest BCUT2D eigenvalue weighted by atomic mass is 10.1. The van der Waals surface area contributed by atoms with Gasteiger partial charge in [-0.15, -0.1) is 0 Å². The number of carbonyl (C=O) groups is 1. The van der Waals surface area contributed by atoms with E-state index in [4.69, 9.17) is 4.52 Å². The van der Waals surface area contributed by atoms with Crippen LogP contribution in [0.3, 0.4) is 0 Å². The van der Waals surface area contributed by atoms with E-state index in [9.17, 15) is 4.79 Å². The molecule has 1 amide bonds. The molecule has 1 fully saturated rings. The minimum absolute atomic E-state index is 0.110. The van der Waals surface area contributed by atoms with Crippen LogP contribution in [0, 0.1) is 0 Å². The molecule has 0 bridgehead atoms. The van der Waals surface area contributed by atoms with Crippen molar-refractivity contribution in [1.29, 1.82) is 0 Å². The maximum Gasteiger partial charge on any atom is 0.229 e. The molecule has 2 aromatic heterocycles. The molecule has 6 heteroatoms. The molecule has 0 spiro atoms. The maximum atomic E-state index is 12.7. The summed E-state index contributed by atoms with van der Waals surface area (Å²) in [4.78, 5) is 14.7. The Hall–Kier alpha value is -2.63. The Kier molecular flexibility index (Phi) is 3.57. The molecule has 6 nitrogen and oxygen atoms in total.